The number of amides is 1. The number of methoxy groups -OCH3 is 1. The molecule has 3 aromatic carbocycles. The van der Waals surface area contributed by atoms with Crippen molar-refractivity contribution >= 4 is 11.9 Å². The Morgan fingerprint density at radius 3 is 2.33 bits per heavy atom. The van der Waals surface area contributed by atoms with Gasteiger partial charge in [0.25, 0.3) is 5.91 Å². The first-order valence-corrected chi connectivity index (χ1v) is 14.8. The van der Waals surface area contributed by atoms with Crippen LogP contribution in [0.15, 0.2) is 66.7 Å². The van der Waals surface area contributed by atoms with Crippen molar-refractivity contribution in [2.24, 2.45) is 11.8 Å². The largest absolute Gasteiger partial charge is 0.465 e. The van der Waals surface area contributed by atoms with Crippen LogP contribution >= 0.6 is 0 Å². The van der Waals surface area contributed by atoms with Gasteiger partial charge in [-0.25, -0.2) is 4.79 Å². The Balaban J connectivity index is 1.06. The maximum atomic E-state index is 13.1. The molecule has 6 rings (SSSR count). The lowest BCUT2D eigenvalue weighted by Gasteiger charge is -2.55. The Morgan fingerprint density at radius 1 is 0.975 bits per heavy atom. The van der Waals surface area contributed by atoms with E-state index < -0.39 is 0 Å². The topological polar surface area (TPSA) is 58.6 Å². The molecule has 1 saturated heterocycles. The van der Waals surface area contributed by atoms with Gasteiger partial charge in [-0.2, -0.15) is 0 Å². The third-order valence-electron chi connectivity index (χ3n) is 9.87. The highest BCUT2D eigenvalue weighted by molar-refractivity contribution is 5.94. The summed E-state index contributed by atoms with van der Waals surface area (Å²) < 4.78 is 4.77. The first-order chi connectivity index (χ1) is 19.4. The summed E-state index contributed by atoms with van der Waals surface area (Å²) in [4.78, 5) is 27.6. The molecule has 0 spiro atoms. The van der Waals surface area contributed by atoms with Crippen molar-refractivity contribution in [2.45, 2.75) is 57.4 Å². The molecule has 3 aliphatic rings. The molecule has 1 aliphatic heterocycles. The van der Waals surface area contributed by atoms with Crippen LogP contribution in [0, 0.1) is 11.8 Å². The van der Waals surface area contributed by atoms with Crippen molar-refractivity contribution in [1.29, 1.82) is 0 Å². The molecule has 0 radical (unpaired) electrons. The van der Waals surface area contributed by atoms with Gasteiger partial charge in [0, 0.05) is 24.7 Å². The maximum Gasteiger partial charge on any atom is 0.337 e. The highest BCUT2D eigenvalue weighted by atomic mass is 16.5. The van der Waals surface area contributed by atoms with E-state index in [0.29, 0.717) is 24.1 Å². The van der Waals surface area contributed by atoms with Crippen LogP contribution in [-0.2, 0) is 23.0 Å². The predicted molar refractivity (Wildman–Crippen MR) is 159 cm³/mol. The first-order valence-electron chi connectivity index (χ1n) is 14.8. The lowest BCUT2D eigenvalue weighted by atomic mass is 9.59. The number of nitrogens with zero attached hydrogens (tertiary/aromatic N) is 1. The van der Waals surface area contributed by atoms with Crippen LogP contribution in [0.5, 0.6) is 0 Å². The number of hydrogen-bond acceptors (Lipinski definition) is 4. The molecule has 1 N–H and O–H groups in total. The zero-order chi connectivity index (χ0) is 27.9. The van der Waals surface area contributed by atoms with Gasteiger partial charge in [-0.15, -0.1) is 0 Å². The lowest BCUT2D eigenvalue weighted by molar-refractivity contribution is 0.0284. The van der Waals surface area contributed by atoms with Gasteiger partial charge in [-0.1, -0.05) is 56.3 Å². The molecule has 3 atom stereocenters. The molecular weight excluding hydrogens is 496 g/mol. The zero-order valence-electron chi connectivity index (χ0n) is 23.9. The quantitative estimate of drug-likeness (QED) is 0.356. The standard InChI is InChI=1S/C35H40N2O3/c1-23-32-21-29-14-15-30(20-31(29)35(23,2)17-19-37(32)22-25-4-5-25)33(38)36-18-16-24-6-8-26(9-7-24)27-10-12-28(13-11-27)34(39)40-3/h6-15,20,23,25,32H,4-5,16-19,21-22H2,1-3H3,(H,36,38). The molecule has 2 bridgehead atoms. The Labute approximate surface area is 237 Å². The average molecular weight is 537 g/mol. The second-order valence-electron chi connectivity index (χ2n) is 12.3. The third-order valence-corrected chi connectivity index (χ3v) is 9.87. The van der Waals surface area contributed by atoms with Crippen molar-refractivity contribution in [3.63, 3.8) is 0 Å². The summed E-state index contributed by atoms with van der Waals surface area (Å²) in [5.74, 6) is 1.20. The normalized spacial score (nSPS) is 23.8. The number of carbonyl (C=O) groups is 2. The smallest absolute Gasteiger partial charge is 0.337 e. The number of benzene rings is 3. The minimum Gasteiger partial charge on any atom is -0.465 e. The fourth-order valence-corrected chi connectivity index (χ4v) is 6.91. The van der Waals surface area contributed by atoms with Crippen molar-refractivity contribution in [2.75, 3.05) is 26.7 Å². The number of nitrogens with one attached hydrogen (secondary N) is 1. The molecule has 2 aliphatic carbocycles. The molecule has 3 unspecified atom stereocenters. The number of ether oxygens (including phenoxy) is 1. The van der Waals surface area contributed by atoms with E-state index in [1.807, 2.05) is 18.2 Å². The van der Waals surface area contributed by atoms with E-state index in [1.54, 1.807) is 12.1 Å². The van der Waals surface area contributed by atoms with Crippen LogP contribution in [0.3, 0.4) is 0 Å². The van der Waals surface area contributed by atoms with Gasteiger partial charge in [-0.3, -0.25) is 9.69 Å². The fraction of sp³-hybridized carbons (Fsp3) is 0.429. The molecular formula is C35H40N2O3. The van der Waals surface area contributed by atoms with Gasteiger partial charge in [0.2, 0.25) is 0 Å². The zero-order valence-corrected chi connectivity index (χ0v) is 23.9. The molecule has 208 valence electrons. The number of hydrogen-bond donors (Lipinski definition) is 1. The van der Waals surface area contributed by atoms with Gasteiger partial charge in [0.15, 0.2) is 0 Å². The summed E-state index contributed by atoms with van der Waals surface area (Å²) in [7, 11) is 1.39. The number of esters is 1. The molecule has 40 heavy (non-hydrogen) atoms. The number of likely N-dealkylation sites (tertiary alicyclic amines) is 1. The molecule has 2 fully saturated rings. The summed E-state index contributed by atoms with van der Waals surface area (Å²) in [6.07, 6.45) is 5.85. The molecule has 3 aromatic rings. The van der Waals surface area contributed by atoms with Crippen molar-refractivity contribution in [3.8, 4) is 11.1 Å². The fourth-order valence-electron chi connectivity index (χ4n) is 6.91. The summed E-state index contributed by atoms with van der Waals surface area (Å²) in [5, 5.41) is 3.15. The number of rotatable bonds is 8. The molecule has 1 saturated carbocycles. The predicted octanol–water partition coefficient (Wildman–Crippen LogP) is 6.05. The van der Waals surface area contributed by atoms with Crippen LogP contribution in [0.25, 0.3) is 11.1 Å². The van der Waals surface area contributed by atoms with E-state index in [0.717, 1.165) is 35.4 Å². The minimum atomic E-state index is -0.332. The lowest BCUT2D eigenvalue weighted by Crippen LogP contribution is -2.58. The minimum absolute atomic E-state index is 0.00895. The van der Waals surface area contributed by atoms with E-state index in [4.69, 9.17) is 4.74 Å². The van der Waals surface area contributed by atoms with E-state index in [2.05, 4.69) is 60.5 Å². The van der Waals surface area contributed by atoms with Crippen LogP contribution < -0.4 is 5.32 Å². The molecule has 5 nitrogen and oxygen atoms in total. The highest BCUT2D eigenvalue weighted by Crippen LogP contribution is 2.49. The summed E-state index contributed by atoms with van der Waals surface area (Å²) in [6, 6.07) is 22.8. The second-order valence-corrected chi connectivity index (χ2v) is 12.3. The first kappa shape index (κ1) is 26.8. The van der Waals surface area contributed by atoms with Crippen LogP contribution in [-0.4, -0.2) is 49.6 Å². The van der Waals surface area contributed by atoms with E-state index >= 15 is 0 Å². The van der Waals surface area contributed by atoms with Gasteiger partial charge in [-0.05, 0) is 108 Å². The monoisotopic (exact) mass is 536 g/mol. The van der Waals surface area contributed by atoms with Gasteiger partial charge in [0.05, 0.1) is 12.7 Å². The Bertz CT molecular complexity index is 1390. The van der Waals surface area contributed by atoms with Crippen molar-refractivity contribution in [3.05, 3.63) is 94.5 Å². The molecule has 5 heteroatoms. The maximum absolute atomic E-state index is 13.1. The molecule has 1 heterocycles. The summed E-state index contributed by atoms with van der Waals surface area (Å²) in [5.41, 5.74) is 7.58. The SMILES string of the molecule is COC(=O)c1ccc(-c2ccc(CCNC(=O)c3ccc4c(c3)C3(C)CCN(CC5CC5)C(C4)C3C)cc2)cc1. The Morgan fingerprint density at radius 2 is 1.65 bits per heavy atom. The third kappa shape index (κ3) is 5.19. The Hall–Kier alpha value is -3.44. The number of carbonyl (C=O) groups excluding carboxylic acids is 2. The highest BCUT2D eigenvalue weighted by Gasteiger charge is 2.49. The number of fused-ring (bicyclic) bond motifs is 4. The average Bonchev–Trinajstić information content (AvgIpc) is 3.80. The molecule has 0 aromatic heterocycles. The van der Waals surface area contributed by atoms with Crippen molar-refractivity contribution < 1.29 is 14.3 Å². The van der Waals surface area contributed by atoms with E-state index in [9.17, 15) is 9.59 Å². The number of piperidine rings is 1. The van der Waals surface area contributed by atoms with Crippen molar-refractivity contribution in [1.82, 2.24) is 10.2 Å². The van der Waals surface area contributed by atoms with Gasteiger partial charge < -0.3 is 10.1 Å². The Kier molecular flexibility index (Phi) is 7.26. The summed E-state index contributed by atoms with van der Waals surface area (Å²) in [6.45, 7) is 7.90. The second kappa shape index (κ2) is 10.9. The van der Waals surface area contributed by atoms with Crippen LogP contribution in [0.4, 0.5) is 0 Å². The molecule has 1 amide bonds. The van der Waals surface area contributed by atoms with E-state index in [1.165, 1.54) is 56.2 Å². The van der Waals surface area contributed by atoms with Gasteiger partial charge in [0.1, 0.15) is 0 Å². The van der Waals surface area contributed by atoms with Gasteiger partial charge >= 0.3 is 5.97 Å². The van der Waals surface area contributed by atoms with E-state index in [-0.39, 0.29) is 17.3 Å². The van der Waals surface area contributed by atoms with Crippen LogP contribution in [0.2, 0.25) is 0 Å². The summed E-state index contributed by atoms with van der Waals surface area (Å²) >= 11 is 0. The van der Waals surface area contributed by atoms with Crippen LogP contribution in [0.1, 0.15) is 70.5 Å².